The monoisotopic (exact) mass is 412 g/mol. The highest BCUT2D eigenvalue weighted by atomic mass is 16.5. The number of nitrogens with zero attached hydrogens (tertiary/aromatic N) is 5. The highest BCUT2D eigenvalue weighted by Crippen LogP contribution is 2.26. The van der Waals surface area contributed by atoms with Gasteiger partial charge in [0.15, 0.2) is 11.6 Å². The molecule has 2 aliphatic rings. The second-order valence-electron chi connectivity index (χ2n) is 7.45. The van der Waals surface area contributed by atoms with Gasteiger partial charge in [-0.1, -0.05) is 0 Å². The molecule has 0 atom stereocenters. The summed E-state index contributed by atoms with van der Waals surface area (Å²) in [4.78, 5) is 18.9. The van der Waals surface area contributed by atoms with Crippen LogP contribution in [0.5, 0.6) is 11.5 Å². The Hall–Kier alpha value is -3.23. The first-order valence-electron chi connectivity index (χ1n) is 10.3. The van der Waals surface area contributed by atoms with Crippen LogP contribution in [0.2, 0.25) is 0 Å². The number of nitrogens with one attached hydrogen (secondary N) is 1. The Morgan fingerprint density at radius 3 is 1.87 bits per heavy atom. The molecule has 2 amide bonds. The lowest BCUT2D eigenvalue weighted by molar-refractivity contribution is 0.208. The zero-order chi connectivity index (χ0) is 20.9. The number of anilines is 3. The smallest absolute Gasteiger partial charge is 0.321 e. The Morgan fingerprint density at radius 2 is 1.37 bits per heavy atom. The van der Waals surface area contributed by atoms with Crippen LogP contribution >= 0.6 is 0 Å². The third-order valence-electron chi connectivity index (χ3n) is 5.56. The minimum absolute atomic E-state index is 0.138. The largest absolute Gasteiger partial charge is 0.497 e. The van der Waals surface area contributed by atoms with Crippen molar-refractivity contribution in [2.75, 3.05) is 68.6 Å². The molecule has 30 heavy (non-hydrogen) atoms. The topological polar surface area (TPSA) is 83.1 Å². The summed E-state index contributed by atoms with van der Waals surface area (Å²) in [7, 11) is 3.17. The van der Waals surface area contributed by atoms with Crippen molar-refractivity contribution in [1.29, 1.82) is 0 Å². The lowest BCUT2D eigenvalue weighted by Crippen LogP contribution is -2.50. The van der Waals surface area contributed by atoms with Crippen molar-refractivity contribution in [3.05, 3.63) is 30.3 Å². The van der Waals surface area contributed by atoms with Crippen LogP contribution in [-0.4, -0.2) is 74.6 Å². The molecule has 2 fully saturated rings. The number of rotatable bonds is 5. The third-order valence-corrected chi connectivity index (χ3v) is 5.56. The minimum Gasteiger partial charge on any atom is -0.497 e. The van der Waals surface area contributed by atoms with Gasteiger partial charge in [0.1, 0.15) is 11.5 Å². The molecule has 4 rings (SSSR count). The molecule has 0 spiro atoms. The van der Waals surface area contributed by atoms with E-state index >= 15 is 0 Å². The lowest BCUT2D eigenvalue weighted by Gasteiger charge is -2.35. The van der Waals surface area contributed by atoms with Crippen LogP contribution < -0.4 is 24.6 Å². The molecule has 2 aliphatic heterocycles. The molecule has 1 N–H and O–H groups in total. The van der Waals surface area contributed by atoms with Crippen LogP contribution in [0.25, 0.3) is 0 Å². The van der Waals surface area contributed by atoms with E-state index in [2.05, 4.69) is 25.3 Å². The molecule has 0 saturated carbocycles. The fourth-order valence-corrected chi connectivity index (χ4v) is 3.82. The van der Waals surface area contributed by atoms with Crippen LogP contribution in [0.4, 0.5) is 22.1 Å². The van der Waals surface area contributed by atoms with Crippen LogP contribution in [-0.2, 0) is 0 Å². The van der Waals surface area contributed by atoms with E-state index in [1.165, 1.54) is 12.8 Å². The standard InChI is InChI=1S/C21H28N6O3/c1-29-17-13-16(14-18(15-17)30-2)22-21(28)27-11-9-26(10-12-27)20-6-5-19(23-24-20)25-7-3-4-8-25/h5-6,13-15H,3-4,7-12H2,1-2H3,(H,22,28). The summed E-state index contributed by atoms with van der Waals surface area (Å²) >= 11 is 0. The molecule has 1 aromatic heterocycles. The fraction of sp³-hybridized carbons (Fsp3) is 0.476. The maximum absolute atomic E-state index is 12.7. The second kappa shape index (κ2) is 9.06. The molecular weight excluding hydrogens is 384 g/mol. The van der Waals surface area contributed by atoms with Crippen LogP contribution in [0.1, 0.15) is 12.8 Å². The maximum Gasteiger partial charge on any atom is 0.321 e. The summed E-state index contributed by atoms with van der Waals surface area (Å²) in [5.41, 5.74) is 0.641. The van der Waals surface area contributed by atoms with Gasteiger partial charge in [-0.3, -0.25) is 0 Å². The average Bonchev–Trinajstić information content (AvgIpc) is 3.34. The number of methoxy groups -OCH3 is 2. The fourth-order valence-electron chi connectivity index (χ4n) is 3.82. The number of hydrogen-bond donors (Lipinski definition) is 1. The van der Waals surface area contributed by atoms with Crippen molar-refractivity contribution in [3.8, 4) is 11.5 Å². The van der Waals surface area contributed by atoms with Gasteiger partial charge in [0.05, 0.1) is 14.2 Å². The molecule has 0 bridgehead atoms. The van der Waals surface area contributed by atoms with Crippen LogP contribution in [0.15, 0.2) is 30.3 Å². The zero-order valence-electron chi connectivity index (χ0n) is 17.5. The lowest BCUT2D eigenvalue weighted by atomic mass is 10.2. The Labute approximate surface area is 176 Å². The number of amides is 2. The van der Waals surface area contributed by atoms with Gasteiger partial charge in [-0.25, -0.2) is 4.79 Å². The summed E-state index contributed by atoms with van der Waals surface area (Å²) in [6, 6.07) is 9.25. The first-order chi connectivity index (χ1) is 14.7. The van der Waals surface area contributed by atoms with E-state index in [4.69, 9.17) is 9.47 Å². The van der Waals surface area contributed by atoms with Gasteiger partial charge in [-0.15, -0.1) is 10.2 Å². The van der Waals surface area contributed by atoms with Crippen molar-refractivity contribution < 1.29 is 14.3 Å². The van der Waals surface area contributed by atoms with E-state index in [-0.39, 0.29) is 6.03 Å². The van der Waals surface area contributed by atoms with Gasteiger partial charge in [-0.2, -0.15) is 0 Å². The third kappa shape index (κ3) is 4.50. The van der Waals surface area contributed by atoms with E-state index in [1.807, 2.05) is 12.1 Å². The van der Waals surface area contributed by atoms with Crippen molar-refractivity contribution >= 4 is 23.4 Å². The molecule has 160 valence electrons. The number of urea groups is 1. The van der Waals surface area contributed by atoms with E-state index < -0.39 is 0 Å². The van der Waals surface area contributed by atoms with Gasteiger partial charge in [-0.05, 0) is 25.0 Å². The molecule has 2 saturated heterocycles. The SMILES string of the molecule is COc1cc(NC(=O)N2CCN(c3ccc(N4CCCC4)nn3)CC2)cc(OC)c1. The van der Waals surface area contributed by atoms with Crippen molar-refractivity contribution in [3.63, 3.8) is 0 Å². The van der Waals surface area contributed by atoms with E-state index in [9.17, 15) is 4.79 Å². The molecule has 9 nitrogen and oxygen atoms in total. The van der Waals surface area contributed by atoms with Crippen molar-refractivity contribution in [2.24, 2.45) is 0 Å². The second-order valence-corrected chi connectivity index (χ2v) is 7.45. The summed E-state index contributed by atoms with van der Waals surface area (Å²) < 4.78 is 10.5. The molecule has 0 aliphatic carbocycles. The number of aromatic nitrogens is 2. The average molecular weight is 412 g/mol. The molecule has 0 unspecified atom stereocenters. The summed E-state index contributed by atoms with van der Waals surface area (Å²) in [6.45, 7) is 4.77. The Kier molecular flexibility index (Phi) is 6.06. The first kappa shape index (κ1) is 20.1. The quantitative estimate of drug-likeness (QED) is 0.808. The maximum atomic E-state index is 12.7. The molecule has 1 aromatic carbocycles. The number of hydrogen-bond acceptors (Lipinski definition) is 7. The molecular formula is C21H28N6O3. The summed E-state index contributed by atoms with van der Waals surface area (Å²) in [5, 5.41) is 11.7. The van der Waals surface area contributed by atoms with E-state index in [0.717, 1.165) is 24.7 Å². The summed E-state index contributed by atoms with van der Waals surface area (Å²) in [6.07, 6.45) is 2.44. The number of benzene rings is 1. The minimum atomic E-state index is -0.138. The molecule has 0 radical (unpaired) electrons. The molecule has 3 heterocycles. The number of piperazine rings is 1. The first-order valence-corrected chi connectivity index (χ1v) is 10.3. The summed E-state index contributed by atoms with van der Waals surface area (Å²) in [5.74, 6) is 3.06. The molecule has 9 heteroatoms. The van der Waals surface area contributed by atoms with Gasteiger partial charge in [0.25, 0.3) is 0 Å². The molecule has 2 aromatic rings. The Balaban J connectivity index is 1.32. The van der Waals surface area contributed by atoms with Crippen molar-refractivity contribution in [2.45, 2.75) is 12.8 Å². The Bertz CT molecular complexity index is 839. The van der Waals surface area contributed by atoms with Gasteiger partial charge < -0.3 is 29.5 Å². The highest BCUT2D eigenvalue weighted by molar-refractivity contribution is 5.90. The van der Waals surface area contributed by atoms with Crippen LogP contribution in [0, 0.1) is 0 Å². The van der Waals surface area contributed by atoms with Gasteiger partial charge >= 0.3 is 6.03 Å². The van der Waals surface area contributed by atoms with Gasteiger partial charge in [0.2, 0.25) is 0 Å². The number of ether oxygens (including phenoxy) is 2. The van der Waals surface area contributed by atoms with Crippen molar-refractivity contribution in [1.82, 2.24) is 15.1 Å². The van der Waals surface area contributed by atoms with Gasteiger partial charge in [0, 0.05) is 63.2 Å². The van der Waals surface area contributed by atoms with E-state index in [0.29, 0.717) is 43.4 Å². The number of carbonyl (C=O) groups is 1. The van der Waals surface area contributed by atoms with Crippen LogP contribution in [0.3, 0.4) is 0 Å². The predicted octanol–water partition coefficient (Wildman–Crippen LogP) is 2.45. The predicted molar refractivity (Wildman–Crippen MR) is 116 cm³/mol. The zero-order valence-corrected chi connectivity index (χ0v) is 17.5. The Morgan fingerprint density at radius 1 is 0.833 bits per heavy atom. The highest BCUT2D eigenvalue weighted by Gasteiger charge is 2.23. The van der Waals surface area contributed by atoms with E-state index in [1.54, 1.807) is 37.3 Å². The normalized spacial score (nSPS) is 16.5. The number of carbonyl (C=O) groups excluding carboxylic acids is 1.